The normalized spacial score (nSPS) is 12.1. The van der Waals surface area contributed by atoms with Gasteiger partial charge in [0.1, 0.15) is 0 Å². The van der Waals surface area contributed by atoms with Gasteiger partial charge in [0.15, 0.2) is 17.0 Å². The van der Waals surface area contributed by atoms with Crippen LogP contribution in [0.4, 0.5) is 0 Å². The van der Waals surface area contributed by atoms with Gasteiger partial charge in [-0.1, -0.05) is 141 Å². The fourth-order valence-corrected chi connectivity index (χ4v) is 5.61. The fourth-order valence-electron chi connectivity index (χ4n) is 5.61. The molecule has 0 spiro atoms. The van der Waals surface area contributed by atoms with E-state index in [1.807, 2.05) is 0 Å². The highest BCUT2D eigenvalue weighted by atomic mass is 16.4. The minimum absolute atomic E-state index is 0.180. The lowest BCUT2D eigenvalue weighted by Gasteiger charge is -2.22. The molecule has 0 unspecified atom stereocenters. The zero-order valence-corrected chi connectivity index (χ0v) is 28.8. The molecule has 0 aliphatic carbocycles. The van der Waals surface area contributed by atoms with Crippen LogP contribution < -0.4 is 0 Å². The summed E-state index contributed by atoms with van der Waals surface area (Å²) in [5.74, 6) is -2.13. The Bertz CT molecular complexity index is 684. The van der Waals surface area contributed by atoms with E-state index in [-0.39, 0.29) is 12.8 Å². The number of hydrogen-bond donors (Lipinski definition) is 1. The number of carbonyl (C=O) groups excluding carboxylic acids is 2. The van der Waals surface area contributed by atoms with Crippen molar-refractivity contribution in [3.63, 3.8) is 0 Å². The summed E-state index contributed by atoms with van der Waals surface area (Å²) < 4.78 is 0. The van der Waals surface area contributed by atoms with E-state index in [2.05, 4.69) is 38.2 Å². The van der Waals surface area contributed by atoms with Gasteiger partial charge >= 0.3 is 5.97 Å². The molecule has 4 heteroatoms. The number of carboxylic acid groups (broad SMARTS) is 1. The summed E-state index contributed by atoms with van der Waals surface area (Å²) in [5, 5.41) is 9.77. The van der Waals surface area contributed by atoms with Gasteiger partial charge in [0.05, 0.1) is 0 Å². The molecule has 0 radical (unpaired) electrons. The molecule has 0 atom stereocenters. The van der Waals surface area contributed by atoms with Gasteiger partial charge in [-0.05, 0) is 71.1 Å². The Balaban J connectivity index is 3.91. The maximum atomic E-state index is 12.8. The maximum absolute atomic E-state index is 12.8. The Morgan fingerprint density at radius 3 is 0.977 bits per heavy atom. The van der Waals surface area contributed by atoms with Crippen LogP contribution in [-0.4, -0.2) is 22.6 Å². The summed E-state index contributed by atoms with van der Waals surface area (Å²) in [6, 6.07) is 0. The van der Waals surface area contributed by atoms with E-state index in [1.54, 1.807) is 0 Å². The molecule has 0 saturated heterocycles. The number of rotatable bonds is 33. The lowest BCUT2D eigenvalue weighted by atomic mass is 9.77. The molecular formula is C39H70O4. The second-order valence-electron chi connectivity index (χ2n) is 12.9. The van der Waals surface area contributed by atoms with E-state index in [0.717, 1.165) is 64.2 Å². The molecule has 0 aliphatic heterocycles. The third kappa shape index (κ3) is 23.4. The molecule has 0 aromatic heterocycles. The zero-order chi connectivity index (χ0) is 31.9. The van der Waals surface area contributed by atoms with Crippen molar-refractivity contribution >= 4 is 17.5 Å². The lowest BCUT2D eigenvalue weighted by Crippen LogP contribution is -2.43. The molecule has 0 aliphatic rings. The van der Waals surface area contributed by atoms with Crippen molar-refractivity contribution in [1.82, 2.24) is 0 Å². The van der Waals surface area contributed by atoms with Crippen molar-refractivity contribution in [2.75, 3.05) is 0 Å². The Morgan fingerprint density at radius 2 is 0.698 bits per heavy atom. The predicted octanol–water partition coefficient (Wildman–Crippen LogP) is 12.3. The molecule has 0 fully saturated rings. The quantitative estimate of drug-likeness (QED) is 0.0461. The second-order valence-corrected chi connectivity index (χ2v) is 12.9. The Morgan fingerprint density at radius 1 is 0.442 bits per heavy atom. The van der Waals surface area contributed by atoms with Gasteiger partial charge in [0.2, 0.25) is 0 Å². The third-order valence-electron chi connectivity index (χ3n) is 8.87. The molecule has 0 saturated carbocycles. The molecule has 0 aromatic rings. The first-order chi connectivity index (χ1) is 20.9. The molecule has 0 heterocycles. The van der Waals surface area contributed by atoms with Crippen LogP contribution in [0.3, 0.4) is 0 Å². The van der Waals surface area contributed by atoms with Gasteiger partial charge in [0, 0.05) is 12.8 Å². The van der Waals surface area contributed by atoms with Crippen molar-refractivity contribution in [2.24, 2.45) is 5.41 Å². The van der Waals surface area contributed by atoms with Crippen LogP contribution in [0.5, 0.6) is 0 Å². The number of carbonyl (C=O) groups is 3. The predicted molar refractivity (Wildman–Crippen MR) is 185 cm³/mol. The van der Waals surface area contributed by atoms with Crippen LogP contribution in [0.25, 0.3) is 0 Å². The van der Waals surface area contributed by atoms with Crippen LogP contribution in [0.15, 0.2) is 24.3 Å². The van der Waals surface area contributed by atoms with Gasteiger partial charge in [-0.15, -0.1) is 0 Å². The minimum atomic E-state index is -1.89. The average Bonchev–Trinajstić information content (AvgIpc) is 3.00. The van der Waals surface area contributed by atoms with E-state index in [0.29, 0.717) is 12.8 Å². The standard InChI is InChI=1S/C39H70O4/c1-4-6-8-10-12-14-16-18-20-22-24-26-28-30-32-34-36(40)39(3,38(42)43)37(41)35-33-31-29-27-25-23-21-19-17-15-13-11-9-7-5-2/h18-21H,4-17,22-35H2,1-3H3,(H,42,43)/b20-18-,21-19-. The van der Waals surface area contributed by atoms with E-state index in [1.165, 1.54) is 96.8 Å². The second kappa shape index (κ2) is 30.3. The van der Waals surface area contributed by atoms with Crippen LogP contribution >= 0.6 is 0 Å². The molecule has 0 rings (SSSR count). The molecule has 4 nitrogen and oxygen atoms in total. The molecular weight excluding hydrogens is 532 g/mol. The van der Waals surface area contributed by atoms with Gasteiger partial charge < -0.3 is 5.11 Å². The number of hydrogen-bond acceptors (Lipinski definition) is 3. The van der Waals surface area contributed by atoms with Crippen molar-refractivity contribution in [3.8, 4) is 0 Å². The lowest BCUT2D eigenvalue weighted by molar-refractivity contribution is -0.158. The number of allylic oxidation sites excluding steroid dienone is 4. The average molecular weight is 603 g/mol. The van der Waals surface area contributed by atoms with Crippen molar-refractivity contribution < 1.29 is 19.5 Å². The highest BCUT2D eigenvalue weighted by molar-refractivity contribution is 6.21. The molecule has 0 aromatic carbocycles. The van der Waals surface area contributed by atoms with Crippen LogP contribution in [-0.2, 0) is 14.4 Å². The van der Waals surface area contributed by atoms with Crippen LogP contribution in [0.2, 0.25) is 0 Å². The first kappa shape index (κ1) is 41.3. The molecule has 0 bridgehead atoms. The zero-order valence-electron chi connectivity index (χ0n) is 28.8. The smallest absolute Gasteiger partial charge is 0.324 e. The number of unbranched alkanes of at least 4 members (excludes halogenated alkanes) is 22. The number of aliphatic carboxylic acids is 1. The summed E-state index contributed by atoms with van der Waals surface area (Å²) in [6.07, 6.45) is 40.0. The minimum Gasteiger partial charge on any atom is -0.480 e. The van der Waals surface area contributed by atoms with Crippen molar-refractivity contribution in [2.45, 2.75) is 201 Å². The van der Waals surface area contributed by atoms with Crippen LogP contribution in [0.1, 0.15) is 201 Å². The highest BCUT2D eigenvalue weighted by Gasteiger charge is 2.46. The van der Waals surface area contributed by atoms with Crippen molar-refractivity contribution in [3.05, 3.63) is 24.3 Å². The fraction of sp³-hybridized carbons (Fsp3) is 0.821. The Labute approximate surface area is 267 Å². The number of Topliss-reactive ketones (excluding diaryl/α,β-unsaturated/α-hetero) is 2. The molecule has 0 amide bonds. The monoisotopic (exact) mass is 603 g/mol. The summed E-state index contributed by atoms with van der Waals surface area (Å²) >= 11 is 0. The number of carboxylic acids is 1. The molecule has 250 valence electrons. The summed E-state index contributed by atoms with van der Waals surface area (Å²) in [7, 11) is 0. The first-order valence-corrected chi connectivity index (χ1v) is 18.5. The largest absolute Gasteiger partial charge is 0.480 e. The van der Waals surface area contributed by atoms with E-state index < -0.39 is 23.0 Å². The van der Waals surface area contributed by atoms with Gasteiger partial charge in [-0.3, -0.25) is 14.4 Å². The van der Waals surface area contributed by atoms with Gasteiger partial charge in [0.25, 0.3) is 0 Å². The number of ketones is 2. The Hall–Kier alpha value is -1.71. The van der Waals surface area contributed by atoms with Crippen molar-refractivity contribution in [1.29, 1.82) is 0 Å². The topological polar surface area (TPSA) is 71.4 Å². The molecule has 1 N–H and O–H groups in total. The molecule has 43 heavy (non-hydrogen) atoms. The van der Waals surface area contributed by atoms with Crippen LogP contribution in [0, 0.1) is 5.41 Å². The maximum Gasteiger partial charge on any atom is 0.324 e. The van der Waals surface area contributed by atoms with E-state index in [9.17, 15) is 19.5 Å². The summed E-state index contributed by atoms with van der Waals surface area (Å²) in [6.45, 7) is 5.83. The first-order valence-electron chi connectivity index (χ1n) is 18.5. The van der Waals surface area contributed by atoms with E-state index >= 15 is 0 Å². The van der Waals surface area contributed by atoms with Gasteiger partial charge in [-0.2, -0.15) is 0 Å². The SMILES string of the molecule is CCCCCCCC/C=C\CCCCCCCC(=O)C(C)(C(=O)O)C(=O)CCCCCCC/C=C\CCCCCCCC. The van der Waals surface area contributed by atoms with E-state index in [4.69, 9.17) is 0 Å². The Kier molecular flexibility index (Phi) is 29.1. The highest BCUT2D eigenvalue weighted by Crippen LogP contribution is 2.26. The summed E-state index contributed by atoms with van der Waals surface area (Å²) in [5.41, 5.74) is -1.89. The van der Waals surface area contributed by atoms with Gasteiger partial charge in [-0.25, -0.2) is 0 Å². The third-order valence-corrected chi connectivity index (χ3v) is 8.87. The summed E-state index contributed by atoms with van der Waals surface area (Å²) in [4.78, 5) is 37.6.